The number of anilines is 1. The van der Waals surface area contributed by atoms with Gasteiger partial charge in [0, 0.05) is 5.69 Å². The Kier molecular flexibility index (Phi) is 2.78. The van der Waals surface area contributed by atoms with E-state index >= 15 is 0 Å². The molecule has 0 fully saturated rings. The molecule has 14 heavy (non-hydrogen) atoms. The minimum atomic E-state index is -4.54. The SMILES string of the molecule is C=CNc1cc(F)cc(C(F)(F)F)c1. The topological polar surface area (TPSA) is 12.0 Å². The highest BCUT2D eigenvalue weighted by Crippen LogP contribution is 2.31. The van der Waals surface area contributed by atoms with E-state index in [1.807, 2.05) is 0 Å². The monoisotopic (exact) mass is 205 g/mol. The van der Waals surface area contributed by atoms with E-state index in [1.54, 1.807) is 0 Å². The summed E-state index contributed by atoms with van der Waals surface area (Å²) in [6.45, 7) is 3.26. The highest BCUT2D eigenvalue weighted by molar-refractivity contribution is 5.48. The third-order valence-corrected chi connectivity index (χ3v) is 1.49. The lowest BCUT2D eigenvalue weighted by molar-refractivity contribution is -0.137. The van der Waals surface area contributed by atoms with Crippen LogP contribution in [0.2, 0.25) is 0 Å². The van der Waals surface area contributed by atoms with E-state index < -0.39 is 17.6 Å². The van der Waals surface area contributed by atoms with E-state index in [-0.39, 0.29) is 5.69 Å². The second kappa shape index (κ2) is 3.69. The second-order valence-electron chi connectivity index (χ2n) is 2.57. The molecule has 1 aromatic rings. The lowest BCUT2D eigenvalue weighted by Crippen LogP contribution is -2.06. The van der Waals surface area contributed by atoms with Crippen molar-refractivity contribution in [2.45, 2.75) is 6.18 Å². The number of alkyl halides is 3. The van der Waals surface area contributed by atoms with E-state index in [0.717, 1.165) is 12.1 Å². The summed E-state index contributed by atoms with van der Waals surface area (Å²) in [7, 11) is 0. The van der Waals surface area contributed by atoms with Crippen LogP contribution in [0.3, 0.4) is 0 Å². The van der Waals surface area contributed by atoms with Gasteiger partial charge in [0.2, 0.25) is 0 Å². The third-order valence-electron chi connectivity index (χ3n) is 1.49. The summed E-state index contributed by atoms with van der Waals surface area (Å²) in [5.41, 5.74) is -1.01. The van der Waals surface area contributed by atoms with Gasteiger partial charge in [-0.15, -0.1) is 0 Å². The fourth-order valence-electron chi connectivity index (χ4n) is 0.954. The standard InChI is InChI=1S/C9H7F4N/c1-2-14-8-4-6(9(11,12)13)3-7(10)5-8/h2-5,14H,1H2. The molecule has 0 unspecified atom stereocenters. The van der Waals surface area contributed by atoms with Crippen LogP contribution in [0.1, 0.15) is 5.56 Å². The molecule has 0 amide bonds. The number of hydrogen-bond acceptors (Lipinski definition) is 1. The molecule has 0 heterocycles. The van der Waals surface area contributed by atoms with E-state index in [1.165, 1.54) is 6.20 Å². The summed E-state index contributed by atoms with van der Waals surface area (Å²) in [4.78, 5) is 0. The second-order valence-corrected chi connectivity index (χ2v) is 2.57. The van der Waals surface area contributed by atoms with Crippen molar-refractivity contribution in [3.8, 4) is 0 Å². The van der Waals surface area contributed by atoms with E-state index in [9.17, 15) is 17.6 Å². The maximum absolute atomic E-state index is 12.7. The lowest BCUT2D eigenvalue weighted by atomic mass is 10.2. The van der Waals surface area contributed by atoms with Crippen LogP contribution in [0.15, 0.2) is 31.0 Å². The van der Waals surface area contributed by atoms with Crippen LogP contribution in [0.25, 0.3) is 0 Å². The van der Waals surface area contributed by atoms with Crippen molar-refractivity contribution < 1.29 is 17.6 Å². The summed E-state index contributed by atoms with van der Waals surface area (Å²) in [5.74, 6) is -0.941. The van der Waals surface area contributed by atoms with Crippen LogP contribution < -0.4 is 5.32 Å². The quantitative estimate of drug-likeness (QED) is 0.729. The number of rotatable bonds is 2. The molecule has 76 valence electrons. The predicted molar refractivity (Wildman–Crippen MR) is 45.2 cm³/mol. The summed E-state index contributed by atoms with van der Waals surface area (Å²) < 4.78 is 49.2. The largest absolute Gasteiger partial charge is 0.416 e. The van der Waals surface area contributed by atoms with Gasteiger partial charge in [-0.1, -0.05) is 6.58 Å². The smallest absolute Gasteiger partial charge is 0.362 e. The van der Waals surface area contributed by atoms with Gasteiger partial charge in [0.25, 0.3) is 0 Å². The predicted octanol–water partition coefficient (Wildman–Crippen LogP) is 3.40. The zero-order chi connectivity index (χ0) is 10.8. The molecule has 0 atom stereocenters. The summed E-state index contributed by atoms with van der Waals surface area (Å²) in [6, 6.07) is 2.20. The molecule has 1 nitrogen and oxygen atoms in total. The molecule has 0 bridgehead atoms. The van der Waals surface area contributed by atoms with Gasteiger partial charge in [-0.2, -0.15) is 13.2 Å². The average molecular weight is 205 g/mol. The first-order valence-corrected chi connectivity index (χ1v) is 3.68. The number of halogens is 4. The van der Waals surface area contributed by atoms with Crippen LogP contribution in [0.5, 0.6) is 0 Å². The molecular weight excluding hydrogens is 198 g/mol. The normalized spacial score (nSPS) is 11.1. The Balaban J connectivity index is 3.13. The maximum atomic E-state index is 12.7. The van der Waals surface area contributed by atoms with Gasteiger partial charge in [0.1, 0.15) is 5.82 Å². The highest BCUT2D eigenvalue weighted by atomic mass is 19.4. The van der Waals surface area contributed by atoms with Crippen LogP contribution >= 0.6 is 0 Å². The van der Waals surface area contributed by atoms with E-state index in [4.69, 9.17) is 0 Å². The Morgan fingerprint density at radius 3 is 2.36 bits per heavy atom. The maximum Gasteiger partial charge on any atom is 0.416 e. The Morgan fingerprint density at radius 1 is 1.21 bits per heavy atom. The Morgan fingerprint density at radius 2 is 1.86 bits per heavy atom. The average Bonchev–Trinajstić information content (AvgIpc) is 2.02. The fourth-order valence-corrected chi connectivity index (χ4v) is 0.954. The molecule has 0 aliphatic rings. The lowest BCUT2D eigenvalue weighted by Gasteiger charge is -2.08. The minimum absolute atomic E-state index is 0.0207. The van der Waals surface area contributed by atoms with Gasteiger partial charge >= 0.3 is 6.18 Å². The molecule has 0 radical (unpaired) electrons. The van der Waals surface area contributed by atoms with Gasteiger partial charge in [-0.25, -0.2) is 4.39 Å². The Labute approximate surface area is 78.0 Å². The highest BCUT2D eigenvalue weighted by Gasteiger charge is 2.31. The van der Waals surface area contributed by atoms with Crippen molar-refractivity contribution >= 4 is 5.69 Å². The van der Waals surface area contributed by atoms with Crippen LogP contribution in [0, 0.1) is 5.82 Å². The molecule has 0 aliphatic carbocycles. The van der Waals surface area contributed by atoms with Crippen LogP contribution in [0.4, 0.5) is 23.2 Å². The van der Waals surface area contributed by atoms with Crippen molar-refractivity contribution in [1.82, 2.24) is 0 Å². The zero-order valence-corrected chi connectivity index (χ0v) is 7.03. The Bertz CT molecular complexity index is 343. The van der Waals surface area contributed by atoms with Crippen molar-refractivity contribution in [2.75, 3.05) is 5.32 Å². The first-order valence-electron chi connectivity index (χ1n) is 3.68. The molecule has 0 saturated carbocycles. The van der Waals surface area contributed by atoms with E-state index in [0.29, 0.717) is 6.07 Å². The molecule has 0 saturated heterocycles. The van der Waals surface area contributed by atoms with Gasteiger partial charge in [-0.05, 0) is 24.4 Å². The molecule has 5 heteroatoms. The van der Waals surface area contributed by atoms with Gasteiger partial charge < -0.3 is 5.32 Å². The molecule has 1 aromatic carbocycles. The third kappa shape index (κ3) is 2.48. The summed E-state index contributed by atoms with van der Waals surface area (Å²) >= 11 is 0. The van der Waals surface area contributed by atoms with Crippen molar-refractivity contribution in [3.05, 3.63) is 42.4 Å². The summed E-state index contributed by atoms with van der Waals surface area (Å²) in [6.07, 6.45) is -3.37. The van der Waals surface area contributed by atoms with Gasteiger partial charge in [-0.3, -0.25) is 0 Å². The van der Waals surface area contributed by atoms with Crippen molar-refractivity contribution in [3.63, 3.8) is 0 Å². The Hall–Kier alpha value is -1.52. The fraction of sp³-hybridized carbons (Fsp3) is 0.111. The van der Waals surface area contributed by atoms with Gasteiger partial charge in [0.05, 0.1) is 5.56 Å². The van der Waals surface area contributed by atoms with Crippen LogP contribution in [-0.4, -0.2) is 0 Å². The molecule has 1 rings (SSSR count). The van der Waals surface area contributed by atoms with E-state index in [2.05, 4.69) is 11.9 Å². The van der Waals surface area contributed by atoms with Crippen LogP contribution in [-0.2, 0) is 6.18 Å². The first kappa shape index (κ1) is 10.6. The molecule has 0 aliphatic heterocycles. The number of benzene rings is 1. The first-order chi connectivity index (χ1) is 6.43. The van der Waals surface area contributed by atoms with Crippen molar-refractivity contribution in [1.29, 1.82) is 0 Å². The number of hydrogen-bond donors (Lipinski definition) is 1. The molecule has 0 aromatic heterocycles. The molecular formula is C9H7F4N. The summed E-state index contributed by atoms with van der Waals surface area (Å²) in [5, 5.41) is 2.38. The number of nitrogens with one attached hydrogen (secondary N) is 1. The zero-order valence-electron chi connectivity index (χ0n) is 7.03. The molecule has 1 N–H and O–H groups in total. The van der Waals surface area contributed by atoms with Gasteiger partial charge in [0.15, 0.2) is 0 Å². The molecule has 0 spiro atoms. The van der Waals surface area contributed by atoms with Crippen molar-refractivity contribution in [2.24, 2.45) is 0 Å². The minimum Gasteiger partial charge on any atom is -0.362 e.